The van der Waals surface area contributed by atoms with Gasteiger partial charge in [0.05, 0.1) is 5.56 Å². The van der Waals surface area contributed by atoms with Gasteiger partial charge in [-0.25, -0.2) is 4.98 Å². The van der Waals surface area contributed by atoms with Gasteiger partial charge in [-0.05, 0) is 25.2 Å². The number of hydrogen-bond acceptors (Lipinski definition) is 3. The second kappa shape index (κ2) is 5.62. The highest BCUT2D eigenvalue weighted by molar-refractivity contribution is 6.34. The number of halogens is 1. The van der Waals surface area contributed by atoms with E-state index in [1.165, 1.54) is 0 Å². The summed E-state index contributed by atoms with van der Waals surface area (Å²) in [6.07, 6.45) is 3.18. The lowest BCUT2D eigenvalue weighted by atomic mass is 9.92. The number of ether oxygens (including phenoxy) is 1. The molecule has 1 aliphatic heterocycles. The summed E-state index contributed by atoms with van der Waals surface area (Å²) in [5.74, 6) is -0.111. The molecule has 4 nitrogen and oxygen atoms in total. The van der Waals surface area contributed by atoms with Gasteiger partial charge in [0.1, 0.15) is 5.15 Å². The molecule has 1 saturated heterocycles. The Labute approximate surface area is 128 Å². The summed E-state index contributed by atoms with van der Waals surface area (Å²) in [7, 11) is 0. The highest BCUT2D eigenvalue weighted by atomic mass is 35.5. The van der Waals surface area contributed by atoms with Crippen molar-refractivity contribution < 1.29 is 9.53 Å². The molecule has 0 aliphatic carbocycles. The molecule has 5 heteroatoms. The Hall–Kier alpha value is -1.65. The van der Waals surface area contributed by atoms with Crippen molar-refractivity contribution >= 4 is 28.3 Å². The first-order valence-corrected chi connectivity index (χ1v) is 7.40. The molecule has 0 atom stereocenters. The predicted molar refractivity (Wildman–Crippen MR) is 82.7 cm³/mol. The van der Waals surface area contributed by atoms with Crippen LogP contribution in [0.5, 0.6) is 0 Å². The Morgan fingerprint density at radius 2 is 1.95 bits per heavy atom. The predicted octanol–water partition coefficient (Wildman–Crippen LogP) is 3.19. The molecule has 1 aliphatic rings. The molecule has 0 saturated carbocycles. The molecule has 1 N–H and O–H groups in total. The Balaban J connectivity index is 1.93. The molecular weight excluding hydrogens is 288 g/mol. The molecular formula is C16H17ClN2O2. The molecule has 1 fully saturated rings. The van der Waals surface area contributed by atoms with Crippen molar-refractivity contribution in [1.29, 1.82) is 0 Å². The average molecular weight is 305 g/mol. The van der Waals surface area contributed by atoms with Crippen molar-refractivity contribution in [3.63, 3.8) is 0 Å². The number of carbonyl (C=O) groups excluding carboxylic acids is 1. The van der Waals surface area contributed by atoms with Gasteiger partial charge in [0, 0.05) is 30.3 Å². The van der Waals surface area contributed by atoms with Crippen LogP contribution < -0.4 is 5.32 Å². The molecule has 1 aromatic heterocycles. The van der Waals surface area contributed by atoms with E-state index in [0.29, 0.717) is 23.9 Å². The first-order valence-electron chi connectivity index (χ1n) is 7.03. The van der Waals surface area contributed by atoms with Crippen LogP contribution in [0.25, 0.3) is 10.8 Å². The number of nitrogens with one attached hydrogen (secondary N) is 1. The summed E-state index contributed by atoms with van der Waals surface area (Å²) >= 11 is 6.09. The topological polar surface area (TPSA) is 51.2 Å². The maximum absolute atomic E-state index is 12.6. The summed E-state index contributed by atoms with van der Waals surface area (Å²) in [4.78, 5) is 16.7. The van der Waals surface area contributed by atoms with Crippen molar-refractivity contribution in [2.75, 3.05) is 13.2 Å². The van der Waals surface area contributed by atoms with Crippen LogP contribution in [-0.4, -0.2) is 29.6 Å². The van der Waals surface area contributed by atoms with Crippen molar-refractivity contribution in [2.45, 2.75) is 25.3 Å². The van der Waals surface area contributed by atoms with E-state index in [9.17, 15) is 4.79 Å². The quantitative estimate of drug-likeness (QED) is 0.867. The number of pyridine rings is 1. The molecule has 21 heavy (non-hydrogen) atoms. The van der Waals surface area contributed by atoms with E-state index in [4.69, 9.17) is 16.3 Å². The van der Waals surface area contributed by atoms with E-state index >= 15 is 0 Å². The van der Waals surface area contributed by atoms with E-state index < -0.39 is 0 Å². The zero-order valence-electron chi connectivity index (χ0n) is 11.9. The van der Waals surface area contributed by atoms with Gasteiger partial charge in [0.25, 0.3) is 5.91 Å². The summed E-state index contributed by atoms with van der Waals surface area (Å²) < 4.78 is 5.36. The van der Waals surface area contributed by atoms with E-state index in [1.54, 1.807) is 6.20 Å². The van der Waals surface area contributed by atoms with Crippen molar-refractivity contribution in [2.24, 2.45) is 0 Å². The molecule has 0 bridgehead atoms. The first kappa shape index (κ1) is 14.3. The molecule has 2 heterocycles. The normalized spacial score (nSPS) is 17.6. The Bertz CT molecular complexity index is 681. The number of benzene rings is 1. The third kappa shape index (κ3) is 2.87. The van der Waals surface area contributed by atoms with Gasteiger partial charge in [-0.15, -0.1) is 0 Å². The number of nitrogens with zero attached hydrogens (tertiary/aromatic N) is 1. The molecule has 110 valence electrons. The van der Waals surface area contributed by atoms with E-state index in [1.807, 2.05) is 24.3 Å². The smallest absolute Gasteiger partial charge is 0.253 e. The highest BCUT2D eigenvalue weighted by Gasteiger charge is 2.29. The van der Waals surface area contributed by atoms with E-state index in [0.717, 1.165) is 23.6 Å². The van der Waals surface area contributed by atoms with Crippen molar-refractivity contribution in [3.05, 3.63) is 41.2 Å². The second-order valence-corrected chi connectivity index (χ2v) is 5.99. The molecule has 0 radical (unpaired) electrons. The molecule has 0 spiro atoms. The summed E-state index contributed by atoms with van der Waals surface area (Å²) in [6.45, 7) is 3.41. The largest absolute Gasteiger partial charge is 0.381 e. The van der Waals surface area contributed by atoms with Gasteiger partial charge in [-0.1, -0.05) is 35.9 Å². The standard InChI is InChI=1S/C16H17ClN2O2/c1-16(6-8-21-9-7-16)19-15(20)13-10-18-14(17)12-5-3-2-4-11(12)13/h2-5,10H,6-9H2,1H3,(H,19,20). The average Bonchev–Trinajstić information content (AvgIpc) is 2.48. The monoisotopic (exact) mass is 304 g/mol. The minimum atomic E-state index is -0.226. The number of fused-ring (bicyclic) bond motifs is 1. The van der Waals surface area contributed by atoms with Crippen molar-refractivity contribution in [3.8, 4) is 0 Å². The van der Waals surface area contributed by atoms with Gasteiger partial charge >= 0.3 is 0 Å². The fourth-order valence-electron chi connectivity index (χ4n) is 2.63. The third-order valence-electron chi connectivity index (χ3n) is 4.00. The Morgan fingerprint density at radius 1 is 1.29 bits per heavy atom. The molecule has 1 aromatic carbocycles. The number of carbonyl (C=O) groups is 1. The Kier molecular flexibility index (Phi) is 3.83. The lowest BCUT2D eigenvalue weighted by Crippen LogP contribution is -2.49. The van der Waals surface area contributed by atoms with Crippen LogP contribution in [0.1, 0.15) is 30.1 Å². The summed E-state index contributed by atoms with van der Waals surface area (Å²) in [6, 6.07) is 7.55. The zero-order valence-corrected chi connectivity index (χ0v) is 12.6. The third-order valence-corrected chi connectivity index (χ3v) is 4.30. The number of hydrogen-bond donors (Lipinski definition) is 1. The van der Waals surface area contributed by atoms with Gasteiger partial charge in [0.2, 0.25) is 0 Å². The number of rotatable bonds is 2. The van der Waals surface area contributed by atoms with Crippen LogP contribution in [0.2, 0.25) is 5.15 Å². The van der Waals surface area contributed by atoms with Crippen LogP contribution in [0.3, 0.4) is 0 Å². The zero-order chi connectivity index (χ0) is 14.9. The lowest BCUT2D eigenvalue weighted by Gasteiger charge is -2.34. The van der Waals surface area contributed by atoms with E-state index in [2.05, 4.69) is 17.2 Å². The first-order chi connectivity index (χ1) is 10.1. The van der Waals surface area contributed by atoms with Gasteiger partial charge < -0.3 is 10.1 Å². The number of amides is 1. The van der Waals surface area contributed by atoms with Gasteiger partial charge in [-0.2, -0.15) is 0 Å². The molecule has 0 unspecified atom stereocenters. The van der Waals surface area contributed by atoms with Crippen LogP contribution in [0.4, 0.5) is 0 Å². The number of aromatic nitrogens is 1. The van der Waals surface area contributed by atoms with Crippen LogP contribution >= 0.6 is 11.6 Å². The molecule has 1 amide bonds. The minimum absolute atomic E-state index is 0.111. The minimum Gasteiger partial charge on any atom is -0.381 e. The van der Waals surface area contributed by atoms with Crippen LogP contribution in [0, 0.1) is 0 Å². The molecule has 3 rings (SSSR count). The Morgan fingerprint density at radius 3 is 2.67 bits per heavy atom. The van der Waals surface area contributed by atoms with Gasteiger partial charge in [-0.3, -0.25) is 4.79 Å². The summed E-state index contributed by atoms with van der Waals surface area (Å²) in [5.41, 5.74) is 0.332. The maximum atomic E-state index is 12.6. The van der Waals surface area contributed by atoms with E-state index in [-0.39, 0.29) is 11.4 Å². The van der Waals surface area contributed by atoms with Gasteiger partial charge in [0.15, 0.2) is 0 Å². The fourth-order valence-corrected chi connectivity index (χ4v) is 2.84. The summed E-state index contributed by atoms with van der Waals surface area (Å²) in [5, 5.41) is 5.16. The maximum Gasteiger partial charge on any atom is 0.253 e. The molecule has 2 aromatic rings. The lowest BCUT2D eigenvalue weighted by molar-refractivity contribution is 0.0423. The highest BCUT2D eigenvalue weighted by Crippen LogP contribution is 2.26. The van der Waals surface area contributed by atoms with Crippen LogP contribution in [0.15, 0.2) is 30.5 Å². The SMILES string of the molecule is CC1(NC(=O)c2cnc(Cl)c3ccccc23)CCOCC1. The second-order valence-electron chi connectivity index (χ2n) is 5.64. The fraction of sp³-hybridized carbons (Fsp3) is 0.375. The van der Waals surface area contributed by atoms with Crippen LogP contribution in [-0.2, 0) is 4.74 Å². The van der Waals surface area contributed by atoms with Crippen molar-refractivity contribution in [1.82, 2.24) is 10.3 Å².